The molecule has 0 saturated carbocycles. The van der Waals surface area contributed by atoms with Crippen molar-refractivity contribution in [3.63, 3.8) is 0 Å². The van der Waals surface area contributed by atoms with Crippen molar-refractivity contribution >= 4 is 10.8 Å². The van der Waals surface area contributed by atoms with E-state index in [0.29, 0.717) is 0 Å². The molecular weight excluding hydrogens is 234 g/mol. The average molecular weight is 255 g/mol. The van der Waals surface area contributed by atoms with Crippen molar-refractivity contribution in [2.75, 3.05) is 13.7 Å². The van der Waals surface area contributed by atoms with E-state index in [1.54, 1.807) is 7.11 Å². The summed E-state index contributed by atoms with van der Waals surface area (Å²) in [6.07, 6.45) is 3.67. The van der Waals surface area contributed by atoms with Gasteiger partial charge in [0.05, 0.1) is 7.11 Å². The smallest absolute Gasteiger partial charge is 0.119 e. The van der Waals surface area contributed by atoms with Crippen LogP contribution in [0.1, 0.15) is 25.3 Å². The predicted octanol–water partition coefficient (Wildman–Crippen LogP) is 3.53. The molecule has 0 spiro atoms. The van der Waals surface area contributed by atoms with E-state index >= 15 is 0 Å². The van der Waals surface area contributed by atoms with Gasteiger partial charge in [0.15, 0.2) is 0 Å². The SMILES string of the molecule is COc1ccc2cc(CC3(C)CCCN3)ccc2c1. The van der Waals surface area contributed by atoms with Gasteiger partial charge in [-0.15, -0.1) is 0 Å². The summed E-state index contributed by atoms with van der Waals surface area (Å²) in [7, 11) is 1.71. The normalized spacial score (nSPS) is 22.8. The van der Waals surface area contributed by atoms with Gasteiger partial charge in [-0.3, -0.25) is 0 Å². The average Bonchev–Trinajstić information content (AvgIpc) is 2.84. The molecular formula is C17H21NO. The first-order valence-electron chi connectivity index (χ1n) is 7.00. The zero-order chi connectivity index (χ0) is 13.3. The van der Waals surface area contributed by atoms with Gasteiger partial charge in [0.25, 0.3) is 0 Å². The Balaban J connectivity index is 1.89. The maximum absolute atomic E-state index is 5.27. The minimum absolute atomic E-state index is 0.278. The van der Waals surface area contributed by atoms with Crippen LogP contribution in [0, 0.1) is 0 Å². The molecule has 0 aliphatic carbocycles. The molecule has 1 atom stereocenters. The molecule has 2 heteroatoms. The third kappa shape index (κ3) is 2.59. The van der Waals surface area contributed by atoms with Crippen molar-refractivity contribution in [3.8, 4) is 5.75 Å². The molecule has 2 nitrogen and oxygen atoms in total. The minimum atomic E-state index is 0.278. The van der Waals surface area contributed by atoms with Crippen molar-refractivity contribution in [2.24, 2.45) is 0 Å². The van der Waals surface area contributed by atoms with E-state index in [-0.39, 0.29) is 5.54 Å². The summed E-state index contributed by atoms with van der Waals surface area (Å²) in [5, 5.41) is 6.16. The standard InChI is InChI=1S/C17H21NO/c1-17(8-3-9-18-17)12-13-4-5-15-11-16(19-2)7-6-14(15)10-13/h4-7,10-11,18H,3,8-9,12H2,1-2H3. The number of nitrogens with one attached hydrogen (secondary N) is 1. The fraction of sp³-hybridized carbons (Fsp3) is 0.412. The lowest BCUT2D eigenvalue weighted by atomic mass is 9.90. The summed E-state index contributed by atoms with van der Waals surface area (Å²) in [6, 6.07) is 13.0. The number of benzene rings is 2. The highest BCUT2D eigenvalue weighted by Crippen LogP contribution is 2.26. The monoisotopic (exact) mass is 255 g/mol. The second-order valence-corrected chi connectivity index (χ2v) is 5.82. The van der Waals surface area contributed by atoms with Crippen LogP contribution in [0.3, 0.4) is 0 Å². The van der Waals surface area contributed by atoms with Crippen LogP contribution in [-0.2, 0) is 6.42 Å². The number of hydrogen-bond donors (Lipinski definition) is 1. The van der Waals surface area contributed by atoms with Gasteiger partial charge in [0, 0.05) is 5.54 Å². The molecule has 0 aromatic heterocycles. The van der Waals surface area contributed by atoms with Gasteiger partial charge in [0.2, 0.25) is 0 Å². The summed E-state index contributed by atoms with van der Waals surface area (Å²) >= 11 is 0. The number of hydrogen-bond acceptors (Lipinski definition) is 2. The molecule has 1 N–H and O–H groups in total. The topological polar surface area (TPSA) is 21.3 Å². The summed E-state index contributed by atoms with van der Waals surface area (Å²) < 4.78 is 5.27. The van der Waals surface area contributed by atoms with Crippen molar-refractivity contribution in [1.82, 2.24) is 5.32 Å². The molecule has 0 amide bonds. The summed E-state index contributed by atoms with van der Waals surface area (Å²) in [6.45, 7) is 3.49. The Hall–Kier alpha value is -1.54. The van der Waals surface area contributed by atoms with Gasteiger partial charge in [-0.2, -0.15) is 0 Å². The summed E-state index contributed by atoms with van der Waals surface area (Å²) in [5.74, 6) is 0.921. The third-order valence-electron chi connectivity index (χ3n) is 4.16. The van der Waals surface area contributed by atoms with Crippen LogP contribution in [0.15, 0.2) is 36.4 Å². The number of fused-ring (bicyclic) bond motifs is 1. The van der Waals surface area contributed by atoms with Crippen molar-refractivity contribution < 1.29 is 4.74 Å². The van der Waals surface area contributed by atoms with Crippen LogP contribution in [0.25, 0.3) is 10.8 Å². The van der Waals surface area contributed by atoms with E-state index in [4.69, 9.17) is 4.74 Å². The Morgan fingerprint density at radius 2 is 1.95 bits per heavy atom. The van der Waals surface area contributed by atoms with Gasteiger partial charge < -0.3 is 10.1 Å². The molecule has 100 valence electrons. The second-order valence-electron chi connectivity index (χ2n) is 5.82. The first-order chi connectivity index (χ1) is 9.18. The van der Waals surface area contributed by atoms with Gasteiger partial charge in [-0.05, 0) is 61.2 Å². The highest BCUT2D eigenvalue weighted by molar-refractivity contribution is 5.84. The van der Waals surface area contributed by atoms with E-state index in [1.807, 2.05) is 6.07 Å². The number of ether oxygens (including phenoxy) is 1. The zero-order valence-corrected chi connectivity index (χ0v) is 11.7. The molecule has 1 heterocycles. The molecule has 1 fully saturated rings. The number of methoxy groups -OCH3 is 1. The summed E-state index contributed by atoms with van der Waals surface area (Å²) in [4.78, 5) is 0. The van der Waals surface area contributed by atoms with Gasteiger partial charge >= 0.3 is 0 Å². The molecule has 19 heavy (non-hydrogen) atoms. The van der Waals surface area contributed by atoms with Gasteiger partial charge in [0.1, 0.15) is 5.75 Å². The van der Waals surface area contributed by atoms with E-state index in [9.17, 15) is 0 Å². The van der Waals surface area contributed by atoms with Crippen LogP contribution in [0.2, 0.25) is 0 Å². The Bertz CT molecular complexity index is 585. The maximum Gasteiger partial charge on any atom is 0.119 e. The van der Waals surface area contributed by atoms with Crippen LogP contribution in [0.5, 0.6) is 5.75 Å². The first-order valence-corrected chi connectivity index (χ1v) is 7.00. The maximum atomic E-state index is 5.27. The Morgan fingerprint density at radius 3 is 2.68 bits per heavy atom. The zero-order valence-electron chi connectivity index (χ0n) is 11.7. The highest BCUT2D eigenvalue weighted by Gasteiger charge is 2.27. The van der Waals surface area contributed by atoms with E-state index in [2.05, 4.69) is 42.6 Å². The van der Waals surface area contributed by atoms with E-state index in [1.165, 1.54) is 29.2 Å². The molecule has 1 aliphatic heterocycles. The minimum Gasteiger partial charge on any atom is -0.497 e. The van der Waals surface area contributed by atoms with Crippen molar-refractivity contribution in [1.29, 1.82) is 0 Å². The van der Waals surface area contributed by atoms with Crippen molar-refractivity contribution in [2.45, 2.75) is 31.7 Å². The molecule has 2 aromatic carbocycles. The van der Waals surface area contributed by atoms with Crippen LogP contribution < -0.4 is 10.1 Å². The van der Waals surface area contributed by atoms with E-state index < -0.39 is 0 Å². The third-order valence-corrected chi connectivity index (χ3v) is 4.16. The lowest BCUT2D eigenvalue weighted by Gasteiger charge is -2.24. The Labute approximate surface area is 114 Å². The van der Waals surface area contributed by atoms with E-state index in [0.717, 1.165) is 18.7 Å². The fourth-order valence-corrected chi connectivity index (χ4v) is 3.07. The highest BCUT2D eigenvalue weighted by atomic mass is 16.5. The molecule has 0 bridgehead atoms. The van der Waals surface area contributed by atoms with Gasteiger partial charge in [-0.25, -0.2) is 0 Å². The molecule has 1 saturated heterocycles. The van der Waals surface area contributed by atoms with Gasteiger partial charge in [-0.1, -0.05) is 24.3 Å². The van der Waals surface area contributed by atoms with Crippen LogP contribution in [0.4, 0.5) is 0 Å². The fourth-order valence-electron chi connectivity index (χ4n) is 3.07. The quantitative estimate of drug-likeness (QED) is 0.906. The Kier molecular flexibility index (Phi) is 3.19. The summed E-state index contributed by atoms with van der Waals surface area (Å²) in [5.41, 5.74) is 1.69. The number of rotatable bonds is 3. The van der Waals surface area contributed by atoms with Crippen LogP contribution in [-0.4, -0.2) is 19.2 Å². The second kappa shape index (κ2) is 4.86. The lowest BCUT2D eigenvalue weighted by molar-refractivity contribution is 0.412. The van der Waals surface area contributed by atoms with Crippen molar-refractivity contribution in [3.05, 3.63) is 42.0 Å². The molecule has 2 aromatic rings. The predicted molar refractivity (Wildman–Crippen MR) is 79.8 cm³/mol. The molecule has 1 unspecified atom stereocenters. The first kappa shape index (κ1) is 12.5. The van der Waals surface area contributed by atoms with Crippen LogP contribution >= 0.6 is 0 Å². The molecule has 3 rings (SSSR count). The lowest BCUT2D eigenvalue weighted by Crippen LogP contribution is -2.38. The largest absolute Gasteiger partial charge is 0.497 e. The molecule has 1 aliphatic rings. The molecule has 0 radical (unpaired) electrons. The Morgan fingerprint density at radius 1 is 1.16 bits per heavy atom.